The van der Waals surface area contributed by atoms with Gasteiger partial charge in [-0.05, 0) is 26.0 Å². The number of ether oxygens (including phenoxy) is 1. The molecular weight excluding hydrogens is 218 g/mol. The first-order chi connectivity index (χ1) is 8.15. The number of hydrogen-bond acceptors (Lipinski definition) is 3. The number of amides is 1. The Morgan fingerprint density at radius 1 is 1.35 bits per heavy atom. The SMILES string of the molecule is CC(C)N(CCO)C(=O)COc1ccccc1. The van der Waals surface area contributed by atoms with E-state index in [-0.39, 0.29) is 25.2 Å². The molecule has 0 aromatic heterocycles. The van der Waals surface area contributed by atoms with Gasteiger partial charge in [0, 0.05) is 12.6 Å². The minimum absolute atomic E-state index is 0.00218. The Morgan fingerprint density at radius 2 is 2.00 bits per heavy atom. The summed E-state index contributed by atoms with van der Waals surface area (Å²) < 4.78 is 5.37. The Hall–Kier alpha value is -1.55. The van der Waals surface area contributed by atoms with Gasteiger partial charge in [0.1, 0.15) is 5.75 Å². The average Bonchev–Trinajstić information content (AvgIpc) is 2.34. The molecule has 1 N–H and O–H groups in total. The van der Waals surface area contributed by atoms with Crippen LogP contribution in [0.4, 0.5) is 0 Å². The number of para-hydroxylation sites is 1. The van der Waals surface area contributed by atoms with Gasteiger partial charge in [0.05, 0.1) is 6.61 Å². The van der Waals surface area contributed by atoms with E-state index < -0.39 is 0 Å². The number of carbonyl (C=O) groups excluding carboxylic acids is 1. The molecule has 0 bridgehead atoms. The smallest absolute Gasteiger partial charge is 0.260 e. The molecular formula is C13H19NO3. The minimum Gasteiger partial charge on any atom is -0.484 e. The molecule has 0 aliphatic carbocycles. The van der Waals surface area contributed by atoms with Crippen LogP contribution in [0, 0.1) is 0 Å². The van der Waals surface area contributed by atoms with Crippen LogP contribution in [0.15, 0.2) is 30.3 Å². The maximum absolute atomic E-state index is 11.8. The van der Waals surface area contributed by atoms with Crippen LogP contribution in [-0.2, 0) is 4.79 Å². The number of carbonyl (C=O) groups is 1. The van der Waals surface area contributed by atoms with Crippen LogP contribution in [0.2, 0.25) is 0 Å². The standard InChI is InChI=1S/C13H19NO3/c1-11(2)14(8-9-15)13(16)10-17-12-6-4-3-5-7-12/h3-7,11,15H,8-10H2,1-2H3. The van der Waals surface area contributed by atoms with Gasteiger partial charge in [-0.2, -0.15) is 0 Å². The van der Waals surface area contributed by atoms with E-state index in [2.05, 4.69) is 0 Å². The first-order valence-electron chi connectivity index (χ1n) is 5.73. The molecule has 0 atom stereocenters. The molecule has 1 aromatic carbocycles. The molecule has 0 spiro atoms. The fourth-order valence-corrected chi connectivity index (χ4v) is 1.52. The number of nitrogens with zero attached hydrogens (tertiary/aromatic N) is 1. The van der Waals surface area contributed by atoms with Crippen molar-refractivity contribution in [1.82, 2.24) is 4.90 Å². The zero-order chi connectivity index (χ0) is 12.7. The molecule has 4 heteroatoms. The number of aliphatic hydroxyl groups is 1. The Labute approximate surface area is 102 Å². The van der Waals surface area contributed by atoms with E-state index >= 15 is 0 Å². The zero-order valence-corrected chi connectivity index (χ0v) is 10.3. The van der Waals surface area contributed by atoms with E-state index in [9.17, 15) is 4.79 Å². The van der Waals surface area contributed by atoms with Crippen molar-refractivity contribution < 1.29 is 14.6 Å². The highest BCUT2D eigenvalue weighted by Crippen LogP contribution is 2.08. The van der Waals surface area contributed by atoms with Gasteiger partial charge in [0.2, 0.25) is 0 Å². The van der Waals surface area contributed by atoms with Gasteiger partial charge in [-0.15, -0.1) is 0 Å². The lowest BCUT2D eigenvalue weighted by atomic mass is 10.3. The lowest BCUT2D eigenvalue weighted by molar-refractivity contribution is -0.135. The molecule has 4 nitrogen and oxygen atoms in total. The van der Waals surface area contributed by atoms with Crippen molar-refractivity contribution in [1.29, 1.82) is 0 Å². The second-order valence-corrected chi connectivity index (χ2v) is 4.01. The summed E-state index contributed by atoms with van der Waals surface area (Å²) in [5.74, 6) is 0.562. The van der Waals surface area contributed by atoms with Gasteiger partial charge in [0.15, 0.2) is 6.61 Å². The molecule has 0 unspecified atom stereocenters. The number of aliphatic hydroxyl groups excluding tert-OH is 1. The van der Waals surface area contributed by atoms with Crippen molar-refractivity contribution in [3.8, 4) is 5.75 Å². The zero-order valence-electron chi connectivity index (χ0n) is 10.3. The minimum atomic E-state index is -0.113. The first-order valence-corrected chi connectivity index (χ1v) is 5.73. The number of hydrogen-bond donors (Lipinski definition) is 1. The van der Waals surface area contributed by atoms with Crippen LogP contribution < -0.4 is 4.74 Å². The lowest BCUT2D eigenvalue weighted by Crippen LogP contribution is -2.41. The van der Waals surface area contributed by atoms with E-state index in [1.54, 1.807) is 17.0 Å². The molecule has 17 heavy (non-hydrogen) atoms. The third-order valence-corrected chi connectivity index (χ3v) is 2.39. The molecule has 1 amide bonds. The summed E-state index contributed by atoms with van der Waals surface area (Å²) in [4.78, 5) is 13.4. The average molecular weight is 237 g/mol. The predicted octanol–water partition coefficient (Wildman–Crippen LogP) is 1.29. The summed E-state index contributed by atoms with van der Waals surface area (Å²) in [6.45, 7) is 4.14. The second-order valence-electron chi connectivity index (χ2n) is 4.01. The fourth-order valence-electron chi connectivity index (χ4n) is 1.52. The van der Waals surface area contributed by atoms with Crippen molar-refractivity contribution in [2.75, 3.05) is 19.8 Å². The van der Waals surface area contributed by atoms with Gasteiger partial charge in [-0.1, -0.05) is 18.2 Å². The number of rotatable bonds is 6. The largest absolute Gasteiger partial charge is 0.484 e. The Balaban J connectivity index is 2.47. The van der Waals surface area contributed by atoms with Crippen LogP contribution in [0.1, 0.15) is 13.8 Å². The van der Waals surface area contributed by atoms with Gasteiger partial charge >= 0.3 is 0 Å². The highest BCUT2D eigenvalue weighted by molar-refractivity contribution is 5.78. The van der Waals surface area contributed by atoms with E-state index in [0.29, 0.717) is 12.3 Å². The molecule has 0 radical (unpaired) electrons. The molecule has 1 aromatic rings. The summed E-state index contributed by atoms with van der Waals surface area (Å²) in [6, 6.07) is 9.27. The summed E-state index contributed by atoms with van der Waals surface area (Å²) in [7, 11) is 0. The Kier molecular flexibility index (Phi) is 5.49. The highest BCUT2D eigenvalue weighted by Gasteiger charge is 2.16. The van der Waals surface area contributed by atoms with Crippen molar-refractivity contribution >= 4 is 5.91 Å². The van der Waals surface area contributed by atoms with Crippen LogP contribution in [0.3, 0.4) is 0 Å². The molecule has 0 heterocycles. The van der Waals surface area contributed by atoms with Crippen LogP contribution >= 0.6 is 0 Å². The molecule has 0 aliphatic rings. The van der Waals surface area contributed by atoms with Crippen LogP contribution in [0.5, 0.6) is 5.75 Å². The first kappa shape index (κ1) is 13.5. The topological polar surface area (TPSA) is 49.8 Å². The van der Waals surface area contributed by atoms with Gasteiger partial charge < -0.3 is 14.7 Å². The lowest BCUT2D eigenvalue weighted by Gasteiger charge is -2.25. The molecule has 94 valence electrons. The summed E-state index contributed by atoms with van der Waals surface area (Å²) in [6.07, 6.45) is 0. The van der Waals surface area contributed by atoms with E-state index in [0.717, 1.165) is 0 Å². The molecule has 0 saturated heterocycles. The third kappa shape index (κ3) is 4.44. The summed E-state index contributed by atoms with van der Waals surface area (Å²) in [5, 5.41) is 8.88. The maximum Gasteiger partial charge on any atom is 0.260 e. The van der Waals surface area contributed by atoms with Crippen molar-refractivity contribution in [2.24, 2.45) is 0 Å². The highest BCUT2D eigenvalue weighted by atomic mass is 16.5. The van der Waals surface area contributed by atoms with Gasteiger partial charge in [-0.3, -0.25) is 4.79 Å². The second kappa shape index (κ2) is 6.91. The van der Waals surface area contributed by atoms with E-state index in [1.807, 2.05) is 32.0 Å². The molecule has 0 saturated carbocycles. The van der Waals surface area contributed by atoms with Crippen LogP contribution in [0.25, 0.3) is 0 Å². The monoisotopic (exact) mass is 237 g/mol. The van der Waals surface area contributed by atoms with Crippen molar-refractivity contribution in [3.63, 3.8) is 0 Å². The van der Waals surface area contributed by atoms with Gasteiger partial charge in [-0.25, -0.2) is 0 Å². The Morgan fingerprint density at radius 3 is 2.53 bits per heavy atom. The summed E-state index contributed by atoms with van der Waals surface area (Å²) in [5.41, 5.74) is 0. The molecule has 0 fully saturated rings. The molecule has 0 aliphatic heterocycles. The van der Waals surface area contributed by atoms with Crippen molar-refractivity contribution in [3.05, 3.63) is 30.3 Å². The van der Waals surface area contributed by atoms with E-state index in [4.69, 9.17) is 9.84 Å². The maximum atomic E-state index is 11.8. The summed E-state index contributed by atoms with van der Waals surface area (Å²) >= 11 is 0. The fraction of sp³-hybridized carbons (Fsp3) is 0.462. The third-order valence-electron chi connectivity index (χ3n) is 2.39. The van der Waals surface area contributed by atoms with E-state index in [1.165, 1.54) is 0 Å². The van der Waals surface area contributed by atoms with Crippen LogP contribution in [-0.4, -0.2) is 41.7 Å². The molecule has 1 rings (SSSR count). The number of benzene rings is 1. The predicted molar refractivity (Wildman–Crippen MR) is 65.9 cm³/mol. The quantitative estimate of drug-likeness (QED) is 0.811. The normalized spacial score (nSPS) is 10.4. The van der Waals surface area contributed by atoms with Crippen molar-refractivity contribution in [2.45, 2.75) is 19.9 Å². The Bertz CT molecular complexity index is 338. The van der Waals surface area contributed by atoms with Gasteiger partial charge in [0.25, 0.3) is 5.91 Å².